The largest absolute Gasteiger partial charge is 0.396 e. The standard InChI is InChI=1S/C13H22N2O/c1-12(6-5-11-16)14-9-10-15-13-7-3-2-4-8-13/h2-4,7-8,12,14-16H,5-6,9-11H2,1H3. The number of anilines is 1. The zero-order valence-electron chi connectivity index (χ0n) is 9.95. The van der Waals surface area contributed by atoms with Crippen molar-refractivity contribution in [2.24, 2.45) is 0 Å². The van der Waals surface area contributed by atoms with Crippen molar-refractivity contribution < 1.29 is 5.11 Å². The van der Waals surface area contributed by atoms with Crippen LogP contribution in [0.1, 0.15) is 19.8 Å². The summed E-state index contributed by atoms with van der Waals surface area (Å²) in [5.41, 5.74) is 1.16. The molecule has 0 bridgehead atoms. The van der Waals surface area contributed by atoms with Crippen LogP contribution >= 0.6 is 0 Å². The highest BCUT2D eigenvalue weighted by atomic mass is 16.2. The summed E-state index contributed by atoms with van der Waals surface area (Å²) >= 11 is 0. The molecule has 1 unspecified atom stereocenters. The van der Waals surface area contributed by atoms with Crippen LogP contribution in [-0.4, -0.2) is 30.8 Å². The summed E-state index contributed by atoms with van der Waals surface area (Å²) in [7, 11) is 0. The van der Waals surface area contributed by atoms with E-state index in [1.807, 2.05) is 18.2 Å². The minimum atomic E-state index is 0.286. The first-order valence-corrected chi connectivity index (χ1v) is 5.96. The van der Waals surface area contributed by atoms with Crippen LogP contribution in [0.25, 0.3) is 0 Å². The summed E-state index contributed by atoms with van der Waals surface area (Å²) in [6.45, 7) is 4.31. The predicted molar refractivity (Wildman–Crippen MR) is 68.7 cm³/mol. The molecule has 0 aliphatic carbocycles. The molecule has 3 heteroatoms. The molecule has 0 saturated heterocycles. The molecule has 16 heavy (non-hydrogen) atoms. The Balaban J connectivity index is 2.03. The zero-order valence-corrected chi connectivity index (χ0v) is 9.95. The van der Waals surface area contributed by atoms with Gasteiger partial charge in [-0.05, 0) is 31.9 Å². The van der Waals surface area contributed by atoms with E-state index in [1.165, 1.54) is 0 Å². The van der Waals surface area contributed by atoms with E-state index < -0.39 is 0 Å². The third kappa shape index (κ3) is 5.73. The van der Waals surface area contributed by atoms with Crippen LogP contribution in [0, 0.1) is 0 Å². The number of aliphatic hydroxyl groups is 1. The van der Waals surface area contributed by atoms with Crippen LogP contribution in [0.5, 0.6) is 0 Å². The van der Waals surface area contributed by atoms with Crippen LogP contribution in [-0.2, 0) is 0 Å². The fourth-order valence-corrected chi connectivity index (χ4v) is 1.58. The van der Waals surface area contributed by atoms with Crippen LogP contribution in [0.2, 0.25) is 0 Å². The van der Waals surface area contributed by atoms with E-state index in [-0.39, 0.29) is 6.61 Å². The molecule has 1 aromatic carbocycles. The van der Waals surface area contributed by atoms with Crippen molar-refractivity contribution in [1.29, 1.82) is 0 Å². The third-order valence-corrected chi connectivity index (χ3v) is 2.52. The molecule has 0 fully saturated rings. The molecule has 3 N–H and O–H groups in total. The minimum absolute atomic E-state index is 0.286. The van der Waals surface area contributed by atoms with Gasteiger partial charge in [0.2, 0.25) is 0 Å². The van der Waals surface area contributed by atoms with E-state index in [9.17, 15) is 0 Å². The molecule has 1 aromatic rings. The fourth-order valence-electron chi connectivity index (χ4n) is 1.58. The Bertz CT molecular complexity index is 264. The van der Waals surface area contributed by atoms with Crippen molar-refractivity contribution in [2.45, 2.75) is 25.8 Å². The predicted octanol–water partition coefficient (Wildman–Crippen LogP) is 1.85. The fraction of sp³-hybridized carbons (Fsp3) is 0.538. The van der Waals surface area contributed by atoms with Gasteiger partial charge in [0.25, 0.3) is 0 Å². The van der Waals surface area contributed by atoms with E-state index in [0.717, 1.165) is 31.6 Å². The maximum absolute atomic E-state index is 8.70. The van der Waals surface area contributed by atoms with Gasteiger partial charge in [-0.1, -0.05) is 18.2 Å². The van der Waals surface area contributed by atoms with Gasteiger partial charge in [0.1, 0.15) is 0 Å². The number of benzene rings is 1. The van der Waals surface area contributed by atoms with Crippen molar-refractivity contribution in [3.05, 3.63) is 30.3 Å². The molecule has 0 amide bonds. The van der Waals surface area contributed by atoms with E-state index in [2.05, 4.69) is 29.7 Å². The Labute approximate surface area is 97.9 Å². The average Bonchev–Trinajstić information content (AvgIpc) is 2.33. The third-order valence-electron chi connectivity index (χ3n) is 2.52. The number of para-hydroxylation sites is 1. The second-order valence-electron chi connectivity index (χ2n) is 4.01. The number of rotatable bonds is 8. The first-order chi connectivity index (χ1) is 7.83. The lowest BCUT2D eigenvalue weighted by Gasteiger charge is -2.13. The SMILES string of the molecule is CC(CCCO)NCCNc1ccccc1. The number of aliphatic hydroxyl groups excluding tert-OH is 1. The normalized spacial score (nSPS) is 12.4. The van der Waals surface area contributed by atoms with Crippen LogP contribution in [0.4, 0.5) is 5.69 Å². The second kappa shape index (κ2) is 8.13. The van der Waals surface area contributed by atoms with Gasteiger partial charge < -0.3 is 15.7 Å². The van der Waals surface area contributed by atoms with Gasteiger partial charge in [0.05, 0.1) is 0 Å². The number of hydrogen-bond acceptors (Lipinski definition) is 3. The van der Waals surface area contributed by atoms with Crippen molar-refractivity contribution in [1.82, 2.24) is 5.32 Å². The molecule has 3 nitrogen and oxygen atoms in total. The van der Waals surface area contributed by atoms with E-state index in [4.69, 9.17) is 5.11 Å². The highest BCUT2D eigenvalue weighted by Crippen LogP contribution is 2.03. The van der Waals surface area contributed by atoms with Gasteiger partial charge in [-0.15, -0.1) is 0 Å². The highest BCUT2D eigenvalue weighted by Gasteiger charge is 1.99. The maximum Gasteiger partial charge on any atom is 0.0431 e. The van der Waals surface area contributed by atoms with Crippen molar-refractivity contribution in [2.75, 3.05) is 25.0 Å². The Kier molecular flexibility index (Phi) is 6.61. The first kappa shape index (κ1) is 13.0. The van der Waals surface area contributed by atoms with Crippen LogP contribution in [0.3, 0.4) is 0 Å². The molecule has 0 aromatic heterocycles. The molecule has 0 spiro atoms. The van der Waals surface area contributed by atoms with Crippen molar-refractivity contribution in [3.63, 3.8) is 0 Å². The van der Waals surface area contributed by atoms with Gasteiger partial charge >= 0.3 is 0 Å². The lowest BCUT2D eigenvalue weighted by atomic mass is 10.2. The lowest BCUT2D eigenvalue weighted by molar-refractivity contribution is 0.277. The smallest absolute Gasteiger partial charge is 0.0431 e. The number of hydrogen-bond donors (Lipinski definition) is 3. The van der Waals surface area contributed by atoms with Crippen molar-refractivity contribution >= 4 is 5.69 Å². The molecule has 0 radical (unpaired) electrons. The summed E-state index contributed by atoms with van der Waals surface area (Å²) in [5.74, 6) is 0. The van der Waals surface area contributed by atoms with Gasteiger partial charge in [0.15, 0.2) is 0 Å². The quantitative estimate of drug-likeness (QED) is 0.588. The topological polar surface area (TPSA) is 44.3 Å². The van der Waals surface area contributed by atoms with Crippen molar-refractivity contribution in [3.8, 4) is 0 Å². The molecule has 1 rings (SSSR count). The van der Waals surface area contributed by atoms with Gasteiger partial charge in [-0.2, -0.15) is 0 Å². The van der Waals surface area contributed by atoms with Gasteiger partial charge in [0, 0.05) is 31.4 Å². The molecular weight excluding hydrogens is 200 g/mol. The lowest BCUT2D eigenvalue weighted by Crippen LogP contribution is -2.30. The summed E-state index contributed by atoms with van der Waals surface area (Å²) in [6.07, 6.45) is 1.90. The van der Waals surface area contributed by atoms with Gasteiger partial charge in [-0.25, -0.2) is 0 Å². The van der Waals surface area contributed by atoms with Gasteiger partial charge in [-0.3, -0.25) is 0 Å². The summed E-state index contributed by atoms with van der Waals surface area (Å²) in [6, 6.07) is 10.7. The highest BCUT2D eigenvalue weighted by molar-refractivity contribution is 5.42. The van der Waals surface area contributed by atoms with Crippen LogP contribution < -0.4 is 10.6 Å². The molecule has 0 heterocycles. The Morgan fingerprint density at radius 1 is 1.19 bits per heavy atom. The summed E-state index contributed by atoms with van der Waals surface area (Å²) in [5, 5.41) is 15.5. The second-order valence-corrected chi connectivity index (χ2v) is 4.01. The molecular formula is C13H22N2O. The Hall–Kier alpha value is -1.06. The Morgan fingerprint density at radius 3 is 2.62 bits per heavy atom. The molecule has 0 aliphatic rings. The summed E-state index contributed by atoms with van der Waals surface area (Å²) in [4.78, 5) is 0. The maximum atomic E-state index is 8.70. The van der Waals surface area contributed by atoms with E-state index >= 15 is 0 Å². The molecule has 1 atom stereocenters. The molecule has 0 saturated carbocycles. The van der Waals surface area contributed by atoms with Crippen LogP contribution in [0.15, 0.2) is 30.3 Å². The number of nitrogens with one attached hydrogen (secondary N) is 2. The van der Waals surface area contributed by atoms with E-state index in [0.29, 0.717) is 6.04 Å². The molecule has 0 aliphatic heterocycles. The minimum Gasteiger partial charge on any atom is -0.396 e. The monoisotopic (exact) mass is 222 g/mol. The first-order valence-electron chi connectivity index (χ1n) is 5.96. The Morgan fingerprint density at radius 2 is 1.94 bits per heavy atom. The van der Waals surface area contributed by atoms with E-state index in [1.54, 1.807) is 0 Å². The summed E-state index contributed by atoms with van der Waals surface area (Å²) < 4.78 is 0. The molecule has 90 valence electrons. The average molecular weight is 222 g/mol. The zero-order chi connectivity index (χ0) is 11.6.